The van der Waals surface area contributed by atoms with Gasteiger partial charge in [0, 0.05) is 19.8 Å². The number of esters is 1. The highest BCUT2D eigenvalue weighted by molar-refractivity contribution is 14.0. The number of ether oxygens (including phenoxy) is 2. The first-order chi connectivity index (χ1) is 10.2. The molecule has 0 saturated heterocycles. The molecule has 0 aromatic heterocycles. The summed E-state index contributed by atoms with van der Waals surface area (Å²) in [5.74, 6) is 0.0593. The molecule has 0 aliphatic carbocycles. The third kappa shape index (κ3) is 8.18. The molecular weight excluding hydrogens is 397 g/mol. The van der Waals surface area contributed by atoms with Gasteiger partial charge >= 0.3 is 5.97 Å². The molecule has 1 aromatic rings. The van der Waals surface area contributed by atoms with Crippen molar-refractivity contribution in [2.24, 2.45) is 10.7 Å². The maximum Gasteiger partial charge on any atom is 0.337 e. The van der Waals surface area contributed by atoms with Gasteiger partial charge in [0.2, 0.25) is 0 Å². The van der Waals surface area contributed by atoms with E-state index in [0.717, 1.165) is 25.1 Å². The number of carbonyl (C=O) groups is 1. The lowest BCUT2D eigenvalue weighted by molar-refractivity contribution is 0.0600. The standard InChI is InChI=1S/C15H23N3O3.HI/c1-3-21-10-4-9-17-15(16)18-11-12-5-7-13(8-6-12)14(19)20-2;/h5-8H,3-4,9-11H2,1-2H3,(H3,16,17,18);1H. The topological polar surface area (TPSA) is 85.9 Å². The Balaban J connectivity index is 0.00000441. The maximum atomic E-state index is 11.3. The zero-order valence-electron chi connectivity index (χ0n) is 13.0. The fourth-order valence-electron chi connectivity index (χ4n) is 1.63. The van der Waals surface area contributed by atoms with Gasteiger partial charge in [0.05, 0.1) is 19.2 Å². The Labute approximate surface area is 148 Å². The molecule has 0 saturated carbocycles. The molecule has 0 spiro atoms. The predicted molar refractivity (Wildman–Crippen MR) is 97.6 cm³/mol. The van der Waals surface area contributed by atoms with Gasteiger partial charge in [-0.1, -0.05) is 12.1 Å². The van der Waals surface area contributed by atoms with Crippen LogP contribution in [0.2, 0.25) is 0 Å². The van der Waals surface area contributed by atoms with Crippen LogP contribution in [0.1, 0.15) is 29.3 Å². The normalized spacial score (nSPS) is 10.7. The first-order valence-corrected chi connectivity index (χ1v) is 6.96. The average Bonchev–Trinajstić information content (AvgIpc) is 2.52. The van der Waals surface area contributed by atoms with Gasteiger partial charge in [-0.2, -0.15) is 0 Å². The van der Waals surface area contributed by atoms with Crippen molar-refractivity contribution in [3.63, 3.8) is 0 Å². The summed E-state index contributed by atoms with van der Waals surface area (Å²) in [6, 6.07) is 7.08. The molecule has 1 rings (SSSR count). The van der Waals surface area contributed by atoms with Gasteiger partial charge in [0.25, 0.3) is 0 Å². The first-order valence-electron chi connectivity index (χ1n) is 6.96. The molecule has 0 atom stereocenters. The number of halogens is 1. The van der Waals surface area contributed by atoms with Crippen LogP contribution in [0.15, 0.2) is 29.3 Å². The molecule has 0 fully saturated rings. The van der Waals surface area contributed by atoms with Gasteiger partial charge in [0.1, 0.15) is 0 Å². The van der Waals surface area contributed by atoms with Crippen LogP contribution in [0, 0.1) is 0 Å². The van der Waals surface area contributed by atoms with Crippen LogP contribution in [0.25, 0.3) is 0 Å². The molecule has 124 valence electrons. The van der Waals surface area contributed by atoms with Crippen molar-refractivity contribution in [3.8, 4) is 0 Å². The molecule has 7 heteroatoms. The molecule has 3 N–H and O–H groups in total. The van der Waals surface area contributed by atoms with Crippen molar-refractivity contribution in [2.45, 2.75) is 19.9 Å². The zero-order valence-corrected chi connectivity index (χ0v) is 15.3. The summed E-state index contributed by atoms with van der Waals surface area (Å²) in [5.41, 5.74) is 7.25. The second-order valence-corrected chi connectivity index (χ2v) is 4.37. The number of aliphatic imine (C=N–C) groups is 1. The van der Waals surface area contributed by atoms with E-state index in [-0.39, 0.29) is 29.9 Å². The number of hydrogen-bond donors (Lipinski definition) is 2. The quantitative estimate of drug-likeness (QED) is 0.220. The predicted octanol–water partition coefficient (Wildman–Crippen LogP) is 1.92. The molecule has 0 amide bonds. The second kappa shape index (κ2) is 12.2. The minimum atomic E-state index is -0.347. The number of rotatable bonds is 8. The molecule has 6 nitrogen and oxygen atoms in total. The van der Waals surface area contributed by atoms with E-state index in [1.165, 1.54) is 7.11 Å². The summed E-state index contributed by atoms with van der Waals surface area (Å²) in [5, 5.41) is 3.02. The number of nitrogens with one attached hydrogen (secondary N) is 1. The average molecular weight is 421 g/mol. The largest absolute Gasteiger partial charge is 0.465 e. The van der Waals surface area contributed by atoms with E-state index >= 15 is 0 Å². The number of benzene rings is 1. The van der Waals surface area contributed by atoms with Crippen LogP contribution in [0.4, 0.5) is 0 Å². The summed E-state index contributed by atoms with van der Waals surface area (Å²) in [6.07, 6.45) is 0.887. The number of methoxy groups -OCH3 is 1. The van der Waals surface area contributed by atoms with E-state index in [1.807, 2.05) is 19.1 Å². The van der Waals surface area contributed by atoms with Gasteiger partial charge in [0.15, 0.2) is 5.96 Å². The van der Waals surface area contributed by atoms with E-state index in [0.29, 0.717) is 24.7 Å². The lowest BCUT2D eigenvalue weighted by Crippen LogP contribution is -2.32. The Bertz CT molecular complexity index is 464. The van der Waals surface area contributed by atoms with Crippen LogP contribution in [-0.2, 0) is 16.0 Å². The zero-order chi connectivity index (χ0) is 15.5. The maximum absolute atomic E-state index is 11.3. The minimum absolute atomic E-state index is 0. The van der Waals surface area contributed by atoms with Crippen LogP contribution >= 0.6 is 24.0 Å². The van der Waals surface area contributed by atoms with Crippen LogP contribution in [-0.4, -0.2) is 38.8 Å². The van der Waals surface area contributed by atoms with Crippen molar-refractivity contribution in [3.05, 3.63) is 35.4 Å². The van der Waals surface area contributed by atoms with Gasteiger partial charge in [-0.15, -0.1) is 24.0 Å². The number of carbonyl (C=O) groups excluding carboxylic acids is 1. The molecule has 0 heterocycles. The van der Waals surface area contributed by atoms with Crippen molar-refractivity contribution in [1.29, 1.82) is 0 Å². The monoisotopic (exact) mass is 421 g/mol. The molecule has 0 aliphatic rings. The van der Waals surface area contributed by atoms with Crippen LogP contribution < -0.4 is 11.1 Å². The minimum Gasteiger partial charge on any atom is -0.465 e. The van der Waals surface area contributed by atoms with Crippen molar-refractivity contribution < 1.29 is 14.3 Å². The fourth-order valence-corrected chi connectivity index (χ4v) is 1.63. The Hall–Kier alpha value is -1.35. The van der Waals surface area contributed by atoms with E-state index in [4.69, 9.17) is 10.5 Å². The number of hydrogen-bond acceptors (Lipinski definition) is 4. The Morgan fingerprint density at radius 1 is 1.32 bits per heavy atom. The van der Waals surface area contributed by atoms with Crippen LogP contribution in [0.3, 0.4) is 0 Å². The molecule has 1 aromatic carbocycles. The van der Waals surface area contributed by atoms with Gasteiger partial charge in [-0.05, 0) is 31.0 Å². The summed E-state index contributed by atoms with van der Waals surface area (Å²) in [7, 11) is 1.36. The van der Waals surface area contributed by atoms with Gasteiger partial charge < -0.3 is 20.5 Å². The van der Waals surface area contributed by atoms with E-state index in [2.05, 4.69) is 15.0 Å². The summed E-state index contributed by atoms with van der Waals surface area (Å²) in [4.78, 5) is 15.5. The smallest absolute Gasteiger partial charge is 0.337 e. The SMILES string of the molecule is CCOCCCNC(N)=NCc1ccc(C(=O)OC)cc1.I. The van der Waals surface area contributed by atoms with E-state index < -0.39 is 0 Å². The van der Waals surface area contributed by atoms with Crippen molar-refractivity contribution in [1.82, 2.24) is 5.32 Å². The molecule has 0 radical (unpaired) electrons. The third-order valence-electron chi connectivity index (χ3n) is 2.78. The number of nitrogens with two attached hydrogens (primary N) is 1. The lowest BCUT2D eigenvalue weighted by Gasteiger charge is -2.06. The summed E-state index contributed by atoms with van der Waals surface area (Å²) in [6.45, 7) is 4.61. The molecular formula is C15H24IN3O3. The second-order valence-electron chi connectivity index (χ2n) is 4.37. The highest BCUT2D eigenvalue weighted by atomic mass is 127. The Morgan fingerprint density at radius 2 is 2.00 bits per heavy atom. The Kier molecular flexibility index (Phi) is 11.5. The molecule has 22 heavy (non-hydrogen) atoms. The highest BCUT2D eigenvalue weighted by Crippen LogP contribution is 2.06. The molecule has 0 unspecified atom stereocenters. The van der Waals surface area contributed by atoms with Gasteiger partial charge in [-0.3, -0.25) is 0 Å². The number of guanidine groups is 1. The molecule has 0 bridgehead atoms. The highest BCUT2D eigenvalue weighted by Gasteiger charge is 2.03. The first kappa shape index (κ1) is 20.6. The van der Waals surface area contributed by atoms with Crippen LogP contribution in [0.5, 0.6) is 0 Å². The van der Waals surface area contributed by atoms with E-state index in [9.17, 15) is 4.79 Å². The third-order valence-corrected chi connectivity index (χ3v) is 2.78. The fraction of sp³-hybridized carbons (Fsp3) is 0.467. The number of nitrogens with zero attached hydrogens (tertiary/aromatic N) is 1. The van der Waals surface area contributed by atoms with Gasteiger partial charge in [-0.25, -0.2) is 9.79 Å². The lowest BCUT2D eigenvalue weighted by atomic mass is 10.1. The Morgan fingerprint density at radius 3 is 2.59 bits per heavy atom. The van der Waals surface area contributed by atoms with E-state index in [1.54, 1.807) is 12.1 Å². The van der Waals surface area contributed by atoms with Crippen molar-refractivity contribution in [2.75, 3.05) is 26.9 Å². The molecule has 0 aliphatic heterocycles. The summed E-state index contributed by atoms with van der Waals surface area (Å²) < 4.78 is 9.87. The summed E-state index contributed by atoms with van der Waals surface area (Å²) >= 11 is 0. The van der Waals surface area contributed by atoms with Crippen molar-refractivity contribution >= 4 is 35.9 Å².